The van der Waals surface area contributed by atoms with Crippen molar-refractivity contribution in [1.82, 2.24) is 5.43 Å². The van der Waals surface area contributed by atoms with Crippen molar-refractivity contribution in [3.8, 4) is 5.75 Å². The minimum absolute atomic E-state index is 0.213. The van der Waals surface area contributed by atoms with E-state index in [-0.39, 0.29) is 12.5 Å². The maximum Gasteiger partial charge on any atom is 0.264 e. The molecule has 0 saturated heterocycles. The number of hydrogen-bond acceptors (Lipinski definition) is 3. The van der Waals surface area contributed by atoms with Crippen molar-refractivity contribution in [3.63, 3.8) is 0 Å². The van der Waals surface area contributed by atoms with Crippen molar-refractivity contribution < 1.29 is 9.53 Å². The summed E-state index contributed by atoms with van der Waals surface area (Å²) in [7, 11) is 0. The molecule has 0 atom stereocenters. The fourth-order valence-corrected chi connectivity index (χ4v) is 1.46. The van der Waals surface area contributed by atoms with Gasteiger partial charge in [-0.05, 0) is 6.07 Å². The van der Waals surface area contributed by atoms with E-state index in [4.69, 9.17) is 10.6 Å². The maximum atomic E-state index is 11.3. The molecular weight excluding hydrogens is 204 g/mol. The number of nitrogens with two attached hydrogens (primary N) is 1. The average Bonchev–Trinajstić information content (AvgIpc) is 2.29. The second-order valence-electron chi connectivity index (χ2n) is 3.35. The molecule has 0 bridgehead atoms. The fraction of sp³-hybridized carbons (Fsp3) is 0.0833. The lowest BCUT2D eigenvalue weighted by atomic mass is 10.1. The summed E-state index contributed by atoms with van der Waals surface area (Å²) >= 11 is 0. The Hall–Kier alpha value is -2.07. The van der Waals surface area contributed by atoms with Crippen LogP contribution in [-0.2, 0) is 4.79 Å². The third-order valence-corrected chi connectivity index (χ3v) is 2.30. The summed E-state index contributed by atoms with van der Waals surface area (Å²) in [4.78, 5) is 11.3. The Kier molecular flexibility index (Phi) is 3.03. The zero-order valence-corrected chi connectivity index (χ0v) is 8.64. The van der Waals surface area contributed by atoms with Gasteiger partial charge in [0.05, 0.1) is 5.57 Å². The summed E-state index contributed by atoms with van der Waals surface area (Å²) in [5.74, 6) is 5.50. The zero-order valence-electron chi connectivity index (χ0n) is 8.64. The molecule has 4 heteroatoms. The van der Waals surface area contributed by atoms with Gasteiger partial charge in [0.2, 0.25) is 0 Å². The van der Waals surface area contributed by atoms with Crippen molar-refractivity contribution >= 4 is 12.0 Å². The number of para-hydroxylation sites is 1. The van der Waals surface area contributed by atoms with Crippen LogP contribution in [0, 0.1) is 0 Å². The van der Waals surface area contributed by atoms with Crippen LogP contribution in [0.25, 0.3) is 6.08 Å². The Morgan fingerprint density at radius 2 is 2.19 bits per heavy atom. The summed E-state index contributed by atoms with van der Waals surface area (Å²) in [6.07, 6.45) is 5.39. The van der Waals surface area contributed by atoms with Gasteiger partial charge in [0.25, 0.3) is 5.91 Å². The van der Waals surface area contributed by atoms with E-state index in [2.05, 4.69) is 5.43 Å². The van der Waals surface area contributed by atoms with E-state index in [0.717, 1.165) is 11.3 Å². The highest BCUT2D eigenvalue weighted by atomic mass is 16.5. The number of benzene rings is 1. The highest BCUT2D eigenvalue weighted by Crippen LogP contribution is 2.21. The molecule has 0 radical (unpaired) electrons. The number of nitrogens with one attached hydrogen (secondary N) is 1. The first-order valence-electron chi connectivity index (χ1n) is 4.91. The molecule has 1 aliphatic heterocycles. The number of fused-ring (bicyclic) bond motifs is 1. The number of rotatable bonds is 1. The van der Waals surface area contributed by atoms with Crippen LogP contribution in [0.3, 0.4) is 0 Å². The molecule has 1 aromatic carbocycles. The smallest absolute Gasteiger partial charge is 0.264 e. The summed E-state index contributed by atoms with van der Waals surface area (Å²) in [6.45, 7) is 0.213. The lowest BCUT2D eigenvalue weighted by Gasteiger charge is -2.12. The molecule has 2 rings (SSSR count). The fourth-order valence-electron chi connectivity index (χ4n) is 1.46. The van der Waals surface area contributed by atoms with Crippen molar-refractivity contribution in [2.75, 3.05) is 6.61 Å². The monoisotopic (exact) mass is 216 g/mol. The molecule has 1 amide bonds. The van der Waals surface area contributed by atoms with Crippen LogP contribution < -0.4 is 16.0 Å². The third-order valence-electron chi connectivity index (χ3n) is 2.30. The number of carbonyl (C=O) groups excluding carboxylic acids is 1. The van der Waals surface area contributed by atoms with Gasteiger partial charge in [0.1, 0.15) is 12.4 Å². The minimum Gasteiger partial charge on any atom is -0.488 e. The zero-order chi connectivity index (χ0) is 11.4. The van der Waals surface area contributed by atoms with Crippen molar-refractivity contribution in [1.29, 1.82) is 0 Å². The molecule has 0 fully saturated rings. The summed E-state index contributed by atoms with van der Waals surface area (Å²) in [5, 5.41) is 0. The number of hydrogen-bond donors (Lipinski definition) is 2. The van der Waals surface area contributed by atoms with Crippen LogP contribution in [-0.4, -0.2) is 12.5 Å². The summed E-state index contributed by atoms with van der Waals surface area (Å²) in [5.41, 5.74) is 3.57. The predicted molar refractivity (Wildman–Crippen MR) is 61.4 cm³/mol. The molecule has 0 spiro atoms. The molecule has 16 heavy (non-hydrogen) atoms. The lowest BCUT2D eigenvalue weighted by Crippen LogP contribution is -2.33. The van der Waals surface area contributed by atoms with Gasteiger partial charge in [-0.15, -0.1) is 0 Å². The Balaban J connectivity index is 2.28. The first-order valence-corrected chi connectivity index (χ1v) is 4.91. The van der Waals surface area contributed by atoms with E-state index in [1.807, 2.05) is 36.4 Å². The first-order chi connectivity index (χ1) is 7.81. The van der Waals surface area contributed by atoms with E-state index in [0.29, 0.717) is 5.57 Å². The van der Waals surface area contributed by atoms with Crippen molar-refractivity contribution in [3.05, 3.63) is 47.6 Å². The highest BCUT2D eigenvalue weighted by molar-refractivity contribution is 5.93. The maximum absolute atomic E-state index is 11.3. The van der Waals surface area contributed by atoms with E-state index in [9.17, 15) is 4.79 Å². The number of amides is 1. The van der Waals surface area contributed by atoms with Crippen molar-refractivity contribution in [2.45, 2.75) is 0 Å². The van der Waals surface area contributed by atoms with Gasteiger partial charge in [0.15, 0.2) is 0 Å². The second-order valence-corrected chi connectivity index (χ2v) is 3.35. The Morgan fingerprint density at radius 3 is 3.00 bits per heavy atom. The van der Waals surface area contributed by atoms with E-state index < -0.39 is 0 Å². The van der Waals surface area contributed by atoms with Crippen LogP contribution in [0.5, 0.6) is 5.75 Å². The van der Waals surface area contributed by atoms with E-state index in [1.165, 1.54) is 0 Å². The molecule has 0 aliphatic carbocycles. The molecule has 1 aromatic rings. The summed E-state index contributed by atoms with van der Waals surface area (Å²) < 4.78 is 5.53. The quantitative estimate of drug-likeness (QED) is 0.418. The normalized spacial score (nSPS) is 19.2. The Labute approximate surface area is 93.4 Å². The number of hydrazine groups is 1. The standard InChI is InChI=1S/C12H12N2O2/c13-14-12(15)10-6-3-5-9-4-1-2-7-11(9)16-8-10/h1-7H,8,13H2,(H,14,15)/b5-3-,10-6+. The predicted octanol–water partition coefficient (Wildman–Crippen LogP) is 1.01. The van der Waals surface area contributed by atoms with Crippen molar-refractivity contribution in [2.24, 2.45) is 5.84 Å². The molecule has 82 valence electrons. The molecule has 0 aromatic heterocycles. The number of allylic oxidation sites excluding steroid dienone is 2. The van der Waals surface area contributed by atoms with Crippen LogP contribution in [0.15, 0.2) is 42.0 Å². The van der Waals surface area contributed by atoms with Crippen LogP contribution in [0.4, 0.5) is 0 Å². The Bertz CT molecular complexity index is 464. The van der Waals surface area contributed by atoms with Gasteiger partial charge < -0.3 is 4.74 Å². The van der Waals surface area contributed by atoms with Gasteiger partial charge in [-0.1, -0.05) is 36.4 Å². The SMILES string of the molecule is NNC(=O)/C1=C/C=C\c2ccccc2OC1. The van der Waals surface area contributed by atoms with Crippen LogP contribution in [0.2, 0.25) is 0 Å². The molecule has 3 N–H and O–H groups in total. The van der Waals surface area contributed by atoms with E-state index >= 15 is 0 Å². The second kappa shape index (κ2) is 4.63. The molecular formula is C12H12N2O2. The van der Waals surface area contributed by atoms with Gasteiger partial charge in [-0.2, -0.15) is 0 Å². The Morgan fingerprint density at radius 1 is 1.38 bits per heavy atom. The van der Waals surface area contributed by atoms with Gasteiger partial charge in [-0.3, -0.25) is 10.2 Å². The van der Waals surface area contributed by atoms with Gasteiger partial charge >= 0.3 is 0 Å². The molecule has 1 aliphatic rings. The number of ether oxygens (including phenoxy) is 1. The molecule has 1 heterocycles. The molecule has 4 nitrogen and oxygen atoms in total. The van der Waals surface area contributed by atoms with Gasteiger partial charge in [-0.25, -0.2) is 5.84 Å². The molecule has 0 unspecified atom stereocenters. The van der Waals surface area contributed by atoms with Crippen LogP contribution in [0.1, 0.15) is 5.56 Å². The van der Waals surface area contributed by atoms with Crippen LogP contribution >= 0.6 is 0 Å². The van der Waals surface area contributed by atoms with E-state index in [1.54, 1.807) is 6.08 Å². The van der Waals surface area contributed by atoms with Gasteiger partial charge in [0, 0.05) is 5.56 Å². The minimum atomic E-state index is -0.330. The number of carbonyl (C=O) groups is 1. The topological polar surface area (TPSA) is 64.3 Å². The third kappa shape index (κ3) is 2.12. The average molecular weight is 216 g/mol. The first kappa shape index (κ1) is 10.4. The highest BCUT2D eigenvalue weighted by Gasteiger charge is 2.10. The largest absolute Gasteiger partial charge is 0.488 e. The lowest BCUT2D eigenvalue weighted by molar-refractivity contribution is -0.117. The molecule has 0 saturated carbocycles. The summed E-state index contributed by atoms with van der Waals surface area (Å²) in [6, 6.07) is 7.64.